The Balaban J connectivity index is 3.17. The van der Waals surface area contributed by atoms with Gasteiger partial charge in [0, 0.05) is 8.95 Å². The topological polar surface area (TPSA) is 22.3 Å². The highest BCUT2D eigenvalue weighted by Gasteiger charge is 1.94. The molecule has 2 radical (unpaired) electrons. The van der Waals surface area contributed by atoms with Gasteiger partial charge < -0.3 is 0 Å². The third-order valence-corrected chi connectivity index (χ3v) is 2.78. The first-order valence-electron chi connectivity index (χ1n) is 2.34. The quantitative estimate of drug-likeness (QED) is 0.674. The molecule has 3 heteroatoms. The van der Waals surface area contributed by atoms with Gasteiger partial charge in [0.1, 0.15) is 0 Å². The summed E-state index contributed by atoms with van der Waals surface area (Å²) in [6.07, 6.45) is 0. The Hall–Kier alpha value is -0.0200. The van der Waals surface area contributed by atoms with E-state index in [0.29, 0.717) is 0 Å². The summed E-state index contributed by atoms with van der Waals surface area (Å²) >= 11 is 6.51. The Morgan fingerprint density at radius 3 is 2.22 bits per heavy atom. The van der Waals surface area contributed by atoms with Crippen molar-refractivity contribution in [1.82, 2.24) is 5.73 Å². The van der Waals surface area contributed by atoms with Crippen molar-refractivity contribution in [2.75, 3.05) is 0 Å². The lowest BCUT2D eigenvalue weighted by atomic mass is 10.3. The van der Waals surface area contributed by atoms with Gasteiger partial charge in [0.05, 0.1) is 5.69 Å². The lowest BCUT2D eigenvalue weighted by Crippen LogP contribution is -1.70. The van der Waals surface area contributed by atoms with Crippen molar-refractivity contribution in [2.24, 2.45) is 0 Å². The zero-order valence-electron chi connectivity index (χ0n) is 4.44. The molecule has 0 unspecified atom stereocenters. The summed E-state index contributed by atoms with van der Waals surface area (Å²) in [7, 11) is 0. The first-order chi connectivity index (χ1) is 4.20. The van der Waals surface area contributed by atoms with Crippen molar-refractivity contribution < 1.29 is 0 Å². The SMILES string of the molecule is [N]c1ccc(Br)c(Br)c1. The highest BCUT2D eigenvalue weighted by atomic mass is 79.9. The molecule has 0 atom stereocenters. The fourth-order valence-electron chi connectivity index (χ4n) is 0.485. The fraction of sp³-hybridized carbons (Fsp3) is 0. The van der Waals surface area contributed by atoms with Crippen molar-refractivity contribution in [2.45, 2.75) is 0 Å². The van der Waals surface area contributed by atoms with Crippen LogP contribution < -0.4 is 5.73 Å². The molecule has 0 heterocycles. The van der Waals surface area contributed by atoms with Crippen molar-refractivity contribution in [3.63, 3.8) is 0 Å². The van der Waals surface area contributed by atoms with Gasteiger partial charge in [-0.1, -0.05) is 0 Å². The summed E-state index contributed by atoms with van der Waals surface area (Å²) in [5.74, 6) is 0. The number of halogens is 2. The molecule has 0 saturated carbocycles. The van der Waals surface area contributed by atoms with Gasteiger partial charge in [-0.2, -0.15) is 5.73 Å². The molecule has 0 aliphatic rings. The molecular weight excluding hydrogens is 246 g/mol. The maximum Gasteiger partial charge on any atom is 0.0869 e. The van der Waals surface area contributed by atoms with Crippen LogP contribution in [0.3, 0.4) is 0 Å². The molecule has 0 aliphatic heterocycles. The highest BCUT2D eigenvalue weighted by molar-refractivity contribution is 9.13. The molecule has 0 aromatic heterocycles. The van der Waals surface area contributed by atoms with E-state index in [1.165, 1.54) is 0 Å². The molecule has 0 spiro atoms. The molecule has 0 aliphatic carbocycles. The van der Waals surface area contributed by atoms with E-state index in [9.17, 15) is 0 Å². The molecule has 0 fully saturated rings. The minimum absolute atomic E-state index is 0.269. The third kappa shape index (κ3) is 1.69. The van der Waals surface area contributed by atoms with Gasteiger partial charge in [-0.15, -0.1) is 0 Å². The van der Waals surface area contributed by atoms with Gasteiger partial charge in [-0.05, 0) is 50.1 Å². The van der Waals surface area contributed by atoms with E-state index in [1.807, 2.05) is 0 Å². The van der Waals surface area contributed by atoms with E-state index < -0.39 is 0 Å². The van der Waals surface area contributed by atoms with Gasteiger partial charge in [0.2, 0.25) is 0 Å². The van der Waals surface area contributed by atoms with E-state index >= 15 is 0 Å². The summed E-state index contributed by atoms with van der Waals surface area (Å²) in [5.41, 5.74) is 9.16. The first-order valence-corrected chi connectivity index (χ1v) is 3.93. The monoisotopic (exact) mass is 247 g/mol. The second-order valence-corrected chi connectivity index (χ2v) is 3.31. The fourth-order valence-corrected chi connectivity index (χ4v) is 1.10. The standard InChI is InChI=1S/C6H3Br2N/c7-5-2-1-4(9)3-6(5)8/h1-3H. The van der Waals surface area contributed by atoms with E-state index in [1.54, 1.807) is 18.2 Å². The minimum Gasteiger partial charge on any atom is -0.151 e. The second kappa shape index (κ2) is 2.71. The van der Waals surface area contributed by atoms with E-state index in [0.717, 1.165) is 8.95 Å². The maximum atomic E-state index is 8.89. The average molecular weight is 249 g/mol. The van der Waals surface area contributed by atoms with Crippen LogP contribution in [0.2, 0.25) is 0 Å². The van der Waals surface area contributed by atoms with E-state index in [4.69, 9.17) is 5.73 Å². The molecule has 0 N–H and O–H groups in total. The second-order valence-electron chi connectivity index (χ2n) is 1.60. The summed E-state index contributed by atoms with van der Waals surface area (Å²) in [5, 5.41) is 0. The van der Waals surface area contributed by atoms with Crippen LogP contribution >= 0.6 is 31.9 Å². The van der Waals surface area contributed by atoms with Crippen molar-refractivity contribution in [3.8, 4) is 0 Å². The Morgan fingerprint density at radius 2 is 1.78 bits per heavy atom. The summed E-state index contributed by atoms with van der Waals surface area (Å²) < 4.78 is 1.81. The van der Waals surface area contributed by atoms with Gasteiger partial charge in [0.15, 0.2) is 0 Å². The maximum absolute atomic E-state index is 8.89. The van der Waals surface area contributed by atoms with Crippen LogP contribution in [0.25, 0.3) is 0 Å². The Kier molecular flexibility index (Phi) is 2.13. The smallest absolute Gasteiger partial charge is 0.0869 e. The molecule has 0 amide bonds. The summed E-state index contributed by atoms with van der Waals surface area (Å²) in [6.45, 7) is 0. The summed E-state index contributed by atoms with van der Waals surface area (Å²) in [6, 6.07) is 5.03. The molecule has 1 rings (SSSR count). The van der Waals surface area contributed by atoms with Crippen LogP contribution in [-0.4, -0.2) is 0 Å². The highest BCUT2D eigenvalue weighted by Crippen LogP contribution is 2.24. The van der Waals surface area contributed by atoms with Crippen LogP contribution in [-0.2, 0) is 0 Å². The third-order valence-electron chi connectivity index (χ3n) is 0.903. The number of hydrogen-bond donors (Lipinski definition) is 0. The van der Waals surface area contributed by atoms with Crippen LogP contribution in [0.5, 0.6) is 0 Å². The Morgan fingerprint density at radius 1 is 1.11 bits per heavy atom. The number of benzene rings is 1. The molecule has 1 nitrogen and oxygen atoms in total. The molecule has 0 bridgehead atoms. The predicted octanol–water partition coefficient (Wildman–Crippen LogP) is 2.91. The molecule has 9 heavy (non-hydrogen) atoms. The molecule has 46 valence electrons. The molecule has 0 saturated heterocycles. The minimum atomic E-state index is 0.269. The largest absolute Gasteiger partial charge is 0.151 e. The lowest BCUT2D eigenvalue weighted by molar-refractivity contribution is 1.45. The van der Waals surface area contributed by atoms with Crippen LogP contribution in [0.15, 0.2) is 27.1 Å². The molecule has 1 aromatic carbocycles. The van der Waals surface area contributed by atoms with Gasteiger partial charge in [0.25, 0.3) is 0 Å². The molecular formula is C6H3Br2N. The van der Waals surface area contributed by atoms with Gasteiger partial charge >= 0.3 is 0 Å². The van der Waals surface area contributed by atoms with Crippen LogP contribution in [0, 0.1) is 0 Å². The zero-order chi connectivity index (χ0) is 6.85. The van der Waals surface area contributed by atoms with Crippen molar-refractivity contribution >= 4 is 37.5 Å². The van der Waals surface area contributed by atoms with Crippen molar-refractivity contribution in [1.29, 1.82) is 0 Å². The average Bonchev–Trinajstić information content (AvgIpc) is 1.80. The number of nitrogens with zero attached hydrogens (tertiary/aromatic N) is 1. The molecule has 1 aromatic rings. The van der Waals surface area contributed by atoms with Crippen LogP contribution in [0.4, 0.5) is 5.69 Å². The Bertz CT molecular complexity index is 222. The first kappa shape index (κ1) is 7.09. The lowest BCUT2D eigenvalue weighted by Gasteiger charge is -1.92. The predicted molar refractivity (Wildman–Crippen MR) is 43.6 cm³/mol. The van der Waals surface area contributed by atoms with Gasteiger partial charge in [-0.3, -0.25) is 0 Å². The zero-order valence-corrected chi connectivity index (χ0v) is 7.61. The van der Waals surface area contributed by atoms with E-state index in [-0.39, 0.29) is 5.69 Å². The summed E-state index contributed by atoms with van der Waals surface area (Å²) in [4.78, 5) is 0. The van der Waals surface area contributed by atoms with Crippen LogP contribution in [0.1, 0.15) is 0 Å². The Labute approximate surface area is 70.5 Å². The van der Waals surface area contributed by atoms with Gasteiger partial charge in [-0.25, -0.2) is 0 Å². The van der Waals surface area contributed by atoms with Crippen molar-refractivity contribution in [3.05, 3.63) is 27.1 Å². The number of rotatable bonds is 0. The van der Waals surface area contributed by atoms with E-state index in [2.05, 4.69) is 31.9 Å². The normalized spacial score (nSPS) is 9.56. The number of hydrogen-bond acceptors (Lipinski definition) is 0.